The van der Waals surface area contributed by atoms with Crippen LogP contribution in [0.15, 0.2) is 16.7 Å². The van der Waals surface area contributed by atoms with Gasteiger partial charge in [0.25, 0.3) is 0 Å². The molecular formula is C14H16N2O6. The van der Waals surface area contributed by atoms with Crippen molar-refractivity contribution >= 4 is 23.8 Å². The highest BCUT2D eigenvalue weighted by atomic mass is 16.5. The number of hydrogen-bond acceptors (Lipinski definition) is 6. The molecule has 1 aromatic heterocycles. The summed E-state index contributed by atoms with van der Waals surface area (Å²) in [5.74, 6) is -2.08. The number of imide groups is 2. The zero-order chi connectivity index (χ0) is 16.4. The molecule has 22 heavy (non-hydrogen) atoms. The smallest absolute Gasteiger partial charge is 0.341 e. The zero-order valence-electron chi connectivity index (χ0n) is 12.5. The highest BCUT2D eigenvalue weighted by molar-refractivity contribution is 6.44. The molecule has 8 heteroatoms. The molecule has 8 nitrogen and oxygen atoms in total. The Bertz CT molecular complexity index is 633. The van der Waals surface area contributed by atoms with Gasteiger partial charge in [0, 0.05) is 6.54 Å². The van der Waals surface area contributed by atoms with Crippen LogP contribution in [0.5, 0.6) is 0 Å². The monoisotopic (exact) mass is 308 g/mol. The third kappa shape index (κ3) is 2.85. The number of carbonyl (C=O) groups is 4. The Hall–Kier alpha value is -2.64. The van der Waals surface area contributed by atoms with Crippen molar-refractivity contribution in [2.75, 3.05) is 13.7 Å². The quantitative estimate of drug-likeness (QED) is 0.457. The van der Waals surface area contributed by atoms with Crippen molar-refractivity contribution in [3.05, 3.63) is 23.7 Å². The van der Waals surface area contributed by atoms with Crippen LogP contribution in [0.1, 0.15) is 30.0 Å². The fraction of sp³-hybridized carbons (Fsp3) is 0.429. The maximum absolute atomic E-state index is 12.1. The number of rotatable bonds is 5. The van der Waals surface area contributed by atoms with Crippen LogP contribution in [0.2, 0.25) is 0 Å². The average Bonchev–Trinajstić information content (AvgIpc) is 3.01. The lowest BCUT2D eigenvalue weighted by atomic mass is 10.2. The summed E-state index contributed by atoms with van der Waals surface area (Å²) >= 11 is 0. The van der Waals surface area contributed by atoms with Crippen LogP contribution in [0.4, 0.5) is 4.79 Å². The molecule has 0 unspecified atom stereocenters. The average molecular weight is 308 g/mol. The van der Waals surface area contributed by atoms with Gasteiger partial charge in [-0.25, -0.2) is 14.5 Å². The molecule has 2 heterocycles. The van der Waals surface area contributed by atoms with E-state index in [9.17, 15) is 19.2 Å². The molecule has 0 aliphatic carbocycles. The van der Waals surface area contributed by atoms with E-state index in [1.807, 2.05) is 13.8 Å². The number of carbonyl (C=O) groups excluding carboxylic acids is 4. The number of furan rings is 1. The summed E-state index contributed by atoms with van der Waals surface area (Å²) in [5, 5.41) is 0. The summed E-state index contributed by atoms with van der Waals surface area (Å²) < 4.78 is 9.65. The van der Waals surface area contributed by atoms with Crippen LogP contribution in [0.3, 0.4) is 0 Å². The molecule has 118 valence electrons. The van der Waals surface area contributed by atoms with Gasteiger partial charge in [0.1, 0.15) is 12.0 Å². The fourth-order valence-electron chi connectivity index (χ4n) is 2.06. The summed E-state index contributed by atoms with van der Waals surface area (Å²) in [6, 6.07) is 0.682. The van der Waals surface area contributed by atoms with Gasteiger partial charge >= 0.3 is 23.8 Å². The Labute approximate surface area is 126 Å². The Morgan fingerprint density at radius 1 is 1.23 bits per heavy atom. The van der Waals surface area contributed by atoms with E-state index in [-0.39, 0.29) is 30.3 Å². The Morgan fingerprint density at radius 2 is 1.86 bits per heavy atom. The molecule has 0 atom stereocenters. The second-order valence-corrected chi connectivity index (χ2v) is 5.28. The summed E-state index contributed by atoms with van der Waals surface area (Å²) in [6.45, 7) is 3.63. The predicted octanol–water partition coefficient (Wildman–Crippen LogP) is 1.01. The lowest BCUT2D eigenvalue weighted by Gasteiger charge is -2.16. The van der Waals surface area contributed by atoms with E-state index in [2.05, 4.69) is 4.74 Å². The van der Waals surface area contributed by atoms with Crippen molar-refractivity contribution < 1.29 is 28.3 Å². The Balaban J connectivity index is 2.14. The van der Waals surface area contributed by atoms with Crippen LogP contribution in [0.25, 0.3) is 0 Å². The molecule has 2 rings (SSSR count). The topological polar surface area (TPSA) is 97.1 Å². The van der Waals surface area contributed by atoms with Gasteiger partial charge in [-0.3, -0.25) is 14.5 Å². The molecule has 0 spiro atoms. The molecular weight excluding hydrogens is 292 g/mol. The van der Waals surface area contributed by atoms with E-state index in [4.69, 9.17) is 4.42 Å². The molecule has 0 radical (unpaired) electrons. The van der Waals surface area contributed by atoms with E-state index in [1.54, 1.807) is 0 Å². The van der Waals surface area contributed by atoms with Crippen molar-refractivity contribution in [1.82, 2.24) is 9.80 Å². The standard InChI is InChI=1S/C14H16N2O6/c1-8(2)5-15-11(17)12(18)16(14(15)20)6-10-4-9(7-22-10)13(19)21-3/h4,7-8H,5-6H2,1-3H3. The lowest BCUT2D eigenvalue weighted by Crippen LogP contribution is -2.35. The van der Waals surface area contributed by atoms with E-state index < -0.39 is 23.8 Å². The minimum Gasteiger partial charge on any atom is -0.467 e. The van der Waals surface area contributed by atoms with Gasteiger partial charge in [0.2, 0.25) is 0 Å². The van der Waals surface area contributed by atoms with Crippen molar-refractivity contribution in [1.29, 1.82) is 0 Å². The van der Waals surface area contributed by atoms with Crippen molar-refractivity contribution in [3.8, 4) is 0 Å². The van der Waals surface area contributed by atoms with Crippen LogP contribution in [0, 0.1) is 5.92 Å². The van der Waals surface area contributed by atoms with Gasteiger partial charge < -0.3 is 9.15 Å². The van der Waals surface area contributed by atoms with Gasteiger partial charge in [-0.05, 0) is 12.0 Å². The number of hydrogen-bond donors (Lipinski definition) is 0. The molecule has 4 amide bonds. The maximum Gasteiger partial charge on any atom is 0.341 e. The second-order valence-electron chi connectivity index (χ2n) is 5.28. The first-order chi connectivity index (χ1) is 10.3. The number of urea groups is 1. The third-order valence-electron chi connectivity index (χ3n) is 3.07. The zero-order valence-corrected chi connectivity index (χ0v) is 12.5. The number of ether oxygens (including phenoxy) is 1. The first kappa shape index (κ1) is 15.7. The highest BCUT2D eigenvalue weighted by Gasteiger charge is 2.44. The van der Waals surface area contributed by atoms with E-state index in [0.29, 0.717) is 0 Å². The number of amides is 4. The molecule has 1 fully saturated rings. The predicted molar refractivity (Wildman–Crippen MR) is 72.5 cm³/mol. The van der Waals surface area contributed by atoms with Crippen molar-refractivity contribution in [2.24, 2.45) is 5.92 Å². The summed E-state index contributed by atoms with van der Waals surface area (Å²) in [6.07, 6.45) is 1.17. The maximum atomic E-state index is 12.1. The normalized spacial score (nSPS) is 15.2. The number of nitrogens with zero attached hydrogens (tertiary/aromatic N) is 2. The summed E-state index contributed by atoms with van der Waals surface area (Å²) in [5.41, 5.74) is 0.168. The molecule has 1 aliphatic rings. The summed E-state index contributed by atoms with van der Waals surface area (Å²) in [7, 11) is 1.23. The van der Waals surface area contributed by atoms with Gasteiger partial charge in [0.15, 0.2) is 0 Å². The first-order valence-corrected chi connectivity index (χ1v) is 6.68. The minimum atomic E-state index is -0.901. The lowest BCUT2D eigenvalue weighted by molar-refractivity contribution is -0.143. The molecule has 1 aliphatic heterocycles. The summed E-state index contributed by atoms with van der Waals surface area (Å²) in [4.78, 5) is 48.9. The Kier molecular flexibility index (Phi) is 4.30. The molecule has 0 aromatic carbocycles. The second kappa shape index (κ2) is 6.00. The van der Waals surface area contributed by atoms with Gasteiger partial charge in [-0.15, -0.1) is 0 Å². The number of esters is 1. The molecule has 0 bridgehead atoms. The van der Waals surface area contributed by atoms with Crippen molar-refractivity contribution in [2.45, 2.75) is 20.4 Å². The van der Waals surface area contributed by atoms with E-state index in [1.165, 1.54) is 19.4 Å². The minimum absolute atomic E-state index is 0.0511. The van der Waals surface area contributed by atoms with Crippen LogP contribution < -0.4 is 0 Å². The Morgan fingerprint density at radius 3 is 2.45 bits per heavy atom. The molecule has 0 saturated carbocycles. The molecule has 1 saturated heterocycles. The van der Waals surface area contributed by atoms with Crippen LogP contribution in [-0.2, 0) is 20.9 Å². The SMILES string of the molecule is COC(=O)c1coc(CN2C(=O)C(=O)N(CC(C)C)C2=O)c1. The first-order valence-electron chi connectivity index (χ1n) is 6.68. The van der Waals surface area contributed by atoms with Gasteiger partial charge in [0.05, 0.1) is 19.2 Å². The van der Waals surface area contributed by atoms with Crippen LogP contribution in [-0.4, -0.2) is 47.3 Å². The van der Waals surface area contributed by atoms with E-state index in [0.717, 1.165) is 9.80 Å². The van der Waals surface area contributed by atoms with E-state index >= 15 is 0 Å². The number of methoxy groups -OCH3 is 1. The molecule has 0 N–H and O–H groups in total. The molecule has 1 aromatic rings. The van der Waals surface area contributed by atoms with Crippen LogP contribution >= 0.6 is 0 Å². The fourth-order valence-corrected chi connectivity index (χ4v) is 2.06. The van der Waals surface area contributed by atoms with Gasteiger partial charge in [-0.2, -0.15) is 0 Å². The van der Waals surface area contributed by atoms with Gasteiger partial charge in [-0.1, -0.05) is 13.8 Å². The third-order valence-corrected chi connectivity index (χ3v) is 3.07. The van der Waals surface area contributed by atoms with Crippen molar-refractivity contribution in [3.63, 3.8) is 0 Å². The largest absolute Gasteiger partial charge is 0.467 e. The highest BCUT2D eigenvalue weighted by Crippen LogP contribution is 2.19.